The van der Waals surface area contributed by atoms with E-state index in [4.69, 9.17) is 0 Å². The molecule has 5 nitrogen and oxygen atoms in total. The lowest BCUT2D eigenvalue weighted by molar-refractivity contribution is 0.102. The lowest BCUT2D eigenvalue weighted by Crippen LogP contribution is -2.13. The van der Waals surface area contributed by atoms with Crippen LogP contribution in [0.2, 0.25) is 0 Å². The zero-order chi connectivity index (χ0) is 13.1. The van der Waals surface area contributed by atoms with Crippen LogP contribution in [0.25, 0.3) is 0 Å². The minimum absolute atomic E-state index is 0.105. The maximum absolute atomic E-state index is 11.9. The quantitative estimate of drug-likeness (QED) is 0.849. The predicted octanol–water partition coefficient (Wildman–Crippen LogP) is 2.96. The second-order valence-electron chi connectivity index (χ2n) is 3.34. The Balaban J connectivity index is 2.19. The van der Waals surface area contributed by atoms with E-state index >= 15 is 0 Å². The minimum Gasteiger partial charge on any atom is -0.507 e. The number of halogens is 2. The van der Waals surface area contributed by atoms with Gasteiger partial charge in [0, 0.05) is 4.47 Å². The fraction of sp³-hybridized carbons (Fsp3) is 0. The first kappa shape index (κ1) is 13.0. The van der Waals surface area contributed by atoms with Gasteiger partial charge >= 0.3 is 0 Å². The Kier molecular flexibility index (Phi) is 3.93. The number of amides is 1. The Morgan fingerprint density at radius 2 is 2.00 bits per heavy atom. The van der Waals surface area contributed by atoms with Gasteiger partial charge in [0.2, 0.25) is 0 Å². The number of phenolic OH excluding ortho intramolecular Hbond substituents is 1. The van der Waals surface area contributed by atoms with Crippen LogP contribution in [-0.4, -0.2) is 21.0 Å². The van der Waals surface area contributed by atoms with Gasteiger partial charge in [-0.05, 0) is 34.1 Å². The number of hydrogen-bond donors (Lipinski definition) is 2. The molecule has 2 N–H and O–H groups in total. The topological polar surface area (TPSA) is 75.1 Å². The highest BCUT2D eigenvalue weighted by molar-refractivity contribution is 9.10. The largest absolute Gasteiger partial charge is 0.507 e. The van der Waals surface area contributed by atoms with Gasteiger partial charge < -0.3 is 10.4 Å². The van der Waals surface area contributed by atoms with Crippen LogP contribution in [0.15, 0.2) is 39.7 Å². The van der Waals surface area contributed by atoms with Crippen LogP contribution in [0, 0.1) is 0 Å². The van der Waals surface area contributed by atoms with E-state index in [0.29, 0.717) is 14.9 Å². The number of nitrogens with zero attached hydrogens (tertiary/aromatic N) is 2. The summed E-state index contributed by atoms with van der Waals surface area (Å²) in [6.45, 7) is 0. The molecule has 1 amide bonds. The van der Waals surface area contributed by atoms with E-state index in [1.165, 1.54) is 24.5 Å². The number of carbonyl (C=O) groups is 1. The number of nitrogens with one attached hydrogen (secondary N) is 1. The Bertz CT molecular complexity index is 587. The van der Waals surface area contributed by atoms with E-state index in [0.717, 1.165) is 0 Å². The SMILES string of the molecule is O=C(Nc1cnc(Br)cn1)c1ccc(Br)cc1O. The summed E-state index contributed by atoms with van der Waals surface area (Å²) in [4.78, 5) is 19.8. The summed E-state index contributed by atoms with van der Waals surface area (Å²) in [5, 5.41) is 12.2. The summed E-state index contributed by atoms with van der Waals surface area (Å²) in [5.74, 6) is -0.242. The average molecular weight is 373 g/mol. The second kappa shape index (κ2) is 5.45. The van der Waals surface area contributed by atoms with Gasteiger partial charge in [0.05, 0.1) is 18.0 Å². The number of phenols is 1. The van der Waals surface area contributed by atoms with Gasteiger partial charge in [0.25, 0.3) is 5.91 Å². The molecule has 0 saturated carbocycles. The summed E-state index contributed by atoms with van der Waals surface area (Å²) in [5.41, 5.74) is 0.169. The molecule has 0 spiro atoms. The van der Waals surface area contributed by atoms with Crippen LogP contribution in [-0.2, 0) is 0 Å². The fourth-order valence-corrected chi connectivity index (χ4v) is 1.81. The van der Waals surface area contributed by atoms with Crippen LogP contribution in [0.1, 0.15) is 10.4 Å². The number of anilines is 1. The first-order valence-corrected chi connectivity index (χ1v) is 6.42. The normalized spacial score (nSPS) is 10.1. The van der Waals surface area contributed by atoms with Crippen LogP contribution < -0.4 is 5.32 Å². The number of carbonyl (C=O) groups excluding carboxylic acids is 1. The summed E-state index contributed by atoms with van der Waals surface area (Å²) in [7, 11) is 0. The van der Waals surface area contributed by atoms with Gasteiger partial charge in [-0.1, -0.05) is 15.9 Å². The first-order valence-electron chi connectivity index (χ1n) is 4.83. The molecule has 7 heteroatoms. The lowest BCUT2D eigenvalue weighted by Gasteiger charge is -2.06. The molecule has 1 heterocycles. The molecule has 1 aromatic carbocycles. The molecule has 0 saturated heterocycles. The molecule has 1 aromatic heterocycles. The first-order chi connectivity index (χ1) is 8.56. The van der Waals surface area contributed by atoms with Crippen molar-refractivity contribution in [1.82, 2.24) is 9.97 Å². The second-order valence-corrected chi connectivity index (χ2v) is 5.07. The summed E-state index contributed by atoms with van der Waals surface area (Å²) >= 11 is 6.35. The van der Waals surface area contributed by atoms with E-state index in [9.17, 15) is 9.90 Å². The van der Waals surface area contributed by atoms with Crippen LogP contribution >= 0.6 is 31.9 Å². The molecular weight excluding hydrogens is 366 g/mol. The molecule has 2 rings (SSSR count). The van der Waals surface area contributed by atoms with Crippen molar-refractivity contribution in [1.29, 1.82) is 0 Å². The van der Waals surface area contributed by atoms with Crippen LogP contribution in [0.3, 0.4) is 0 Å². The minimum atomic E-state index is -0.448. The van der Waals surface area contributed by atoms with Gasteiger partial charge in [-0.15, -0.1) is 0 Å². The zero-order valence-electron chi connectivity index (χ0n) is 8.89. The molecule has 92 valence electrons. The molecule has 2 aromatic rings. The molecule has 18 heavy (non-hydrogen) atoms. The van der Waals surface area contributed by atoms with Crippen LogP contribution in [0.5, 0.6) is 5.75 Å². The highest BCUT2D eigenvalue weighted by Crippen LogP contribution is 2.23. The third-order valence-corrected chi connectivity index (χ3v) is 2.97. The predicted molar refractivity (Wildman–Crippen MR) is 73.5 cm³/mol. The zero-order valence-corrected chi connectivity index (χ0v) is 12.1. The van der Waals surface area contributed by atoms with Crippen molar-refractivity contribution in [2.75, 3.05) is 5.32 Å². The van der Waals surface area contributed by atoms with E-state index in [-0.39, 0.29) is 11.3 Å². The Labute approximate surface area is 120 Å². The molecule has 0 aliphatic heterocycles. The van der Waals surface area contributed by atoms with E-state index in [1.54, 1.807) is 6.07 Å². The molecule has 0 atom stereocenters. The van der Waals surface area contributed by atoms with Crippen molar-refractivity contribution in [3.63, 3.8) is 0 Å². The molecular formula is C11H7Br2N3O2. The maximum Gasteiger partial charge on any atom is 0.260 e. The number of aromatic hydroxyl groups is 1. The van der Waals surface area contributed by atoms with E-state index in [2.05, 4.69) is 47.1 Å². The van der Waals surface area contributed by atoms with Gasteiger partial charge in [0.15, 0.2) is 5.82 Å². The molecule has 0 aliphatic rings. The van der Waals surface area contributed by atoms with Crippen molar-refractivity contribution >= 4 is 43.6 Å². The Hall–Kier alpha value is -1.47. The Morgan fingerprint density at radius 3 is 2.61 bits per heavy atom. The van der Waals surface area contributed by atoms with Crippen LogP contribution in [0.4, 0.5) is 5.82 Å². The van der Waals surface area contributed by atoms with Crippen molar-refractivity contribution in [3.8, 4) is 5.75 Å². The maximum atomic E-state index is 11.9. The number of hydrogen-bond acceptors (Lipinski definition) is 4. The third kappa shape index (κ3) is 3.05. The monoisotopic (exact) mass is 371 g/mol. The molecule has 0 aliphatic carbocycles. The summed E-state index contributed by atoms with van der Waals surface area (Å²) in [6, 6.07) is 4.63. The van der Waals surface area contributed by atoms with Gasteiger partial charge in [-0.25, -0.2) is 9.97 Å². The number of rotatable bonds is 2. The molecule has 0 bridgehead atoms. The highest BCUT2D eigenvalue weighted by Gasteiger charge is 2.12. The van der Waals surface area contributed by atoms with E-state index in [1.807, 2.05) is 0 Å². The average Bonchev–Trinajstić information content (AvgIpc) is 2.32. The molecule has 0 fully saturated rings. The number of benzene rings is 1. The van der Waals surface area contributed by atoms with Gasteiger partial charge in [-0.3, -0.25) is 4.79 Å². The summed E-state index contributed by atoms with van der Waals surface area (Å²) in [6.07, 6.45) is 2.88. The lowest BCUT2D eigenvalue weighted by atomic mass is 10.2. The van der Waals surface area contributed by atoms with Gasteiger partial charge in [0.1, 0.15) is 10.4 Å². The third-order valence-electron chi connectivity index (χ3n) is 2.07. The van der Waals surface area contributed by atoms with Crippen molar-refractivity contribution in [2.45, 2.75) is 0 Å². The Morgan fingerprint density at radius 1 is 1.22 bits per heavy atom. The van der Waals surface area contributed by atoms with Crippen molar-refractivity contribution in [3.05, 3.63) is 45.2 Å². The molecule has 0 unspecified atom stereocenters. The number of aromatic nitrogens is 2. The molecule has 0 radical (unpaired) electrons. The van der Waals surface area contributed by atoms with Crippen molar-refractivity contribution in [2.24, 2.45) is 0 Å². The van der Waals surface area contributed by atoms with Gasteiger partial charge in [-0.2, -0.15) is 0 Å². The van der Waals surface area contributed by atoms with Crippen molar-refractivity contribution < 1.29 is 9.90 Å². The smallest absolute Gasteiger partial charge is 0.260 e. The fourth-order valence-electron chi connectivity index (χ4n) is 1.26. The highest BCUT2D eigenvalue weighted by atomic mass is 79.9. The van der Waals surface area contributed by atoms with E-state index < -0.39 is 5.91 Å². The summed E-state index contributed by atoms with van der Waals surface area (Å²) < 4.78 is 1.27. The standard InChI is InChI=1S/C11H7Br2N3O2/c12-6-1-2-7(8(17)3-6)11(18)16-10-5-14-9(13)4-15-10/h1-5,17H,(H,15,16,18).